The van der Waals surface area contributed by atoms with E-state index in [1.807, 2.05) is 18.2 Å². The van der Waals surface area contributed by atoms with E-state index in [0.29, 0.717) is 13.2 Å². The Labute approximate surface area is 120 Å². The van der Waals surface area contributed by atoms with Gasteiger partial charge < -0.3 is 15.4 Å². The SMILES string of the molecule is CCC(CC)NC(=O)CNC1CCOc2ccccc21. The van der Waals surface area contributed by atoms with Crippen molar-refractivity contribution in [3.8, 4) is 5.75 Å². The second kappa shape index (κ2) is 7.29. The predicted molar refractivity (Wildman–Crippen MR) is 79.8 cm³/mol. The van der Waals surface area contributed by atoms with E-state index in [4.69, 9.17) is 4.74 Å². The highest BCUT2D eigenvalue weighted by molar-refractivity contribution is 5.78. The number of rotatable bonds is 6. The van der Waals surface area contributed by atoms with Crippen molar-refractivity contribution in [2.24, 2.45) is 0 Å². The lowest BCUT2D eigenvalue weighted by atomic mass is 10.0. The minimum atomic E-state index is 0.0719. The third kappa shape index (κ3) is 3.73. The highest BCUT2D eigenvalue weighted by atomic mass is 16.5. The van der Waals surface area contributed by atoms with Gasteiger partial charge in [-0.2, -0.15) is 0 Å². The van der Waals surface area contributed by atoms with Gasteiger partial charge in [0.1, 0.15) is 5.75 Å². The van der Waals surface area contributed by atoms with Crippen LogP contribution in [-0.2, 0) is 4.79 Å². The molecule has 0 saturated carbocycles. The maximum atomic E-state index is 11.9. The van der Waals surface area contributed by atoms with Crippen LogP contribution in [0.4, 0.5) is 0 Å². The molecular formula is C16H24N2O2. The Morgan fingerprint density at radius 3 is 2.85 bits per heavy atom. The first-order chi connectivity index (χ1) is 9.74. The van der Waals surface area contributed by atoms with Crippen LogP contribution in [0, 0.1) is 0 Å². The van der Waals surface area contributed by atoms with E-state index in [0.717, 1.165) is 30.6 Å². The van der Waals surface area contributed by atoms with Crippen LogP contribution in [0.1, 0.15) is 44.7 Å². The van der Waals surface area contributed by atoms with Gasteiger partial charge in [0.2, 0.25) is 5.91 Å². The van der Waals surface area contributed by atoms with Gasteiger partial charge in [-0.15, -0.1) is 0 Å². The zero-order valence-corrected chi connectivity index (χ0v) is 12.3. The summed E-state index contributed by atoms with van der Waals surface area (Å²) in [6.07, 6.45) is 2.85. The fourth-order valence-corrected chi connectivity index (χ4v) is 2.54. The molecule has 4 nitrogen and oxygen atoms in total. The first kappa shape index (κ1) is 14.9. The fourth-order valence-electron chi connectivity index (χ4n) is 2.54. The molecule has 0 bridgehead atoms. The summed E-state index contributed by atoms with van der Waals surface area (Å²) in [5, 5.41) is 6.39. The average molecular weight is 276 g/mol. The van der Waals surface area contributed by atoms with Crippen LogP contribution in [0.3, 0.4) is 0 Å². The summed E-state index contributed by atoms with van der Waals surface area (Å²) in [6, 6.07) is 8.50. The van der Waals surface area contributed by atoms with Crippen molar-refractivity contribution in [1.29, 1.82) is 0 Å². The first-order valence-corrected chi connectivity index (χ1v) is 7.49. The molecule has 4 heteroatoms. The molecule has 0 radical (unpaired) electrons. The van der Waals surface area contributed by atoms with E-state index >= 15 is 0 Å². The third-order valence-electron chi connectivity index (χ3n) is 3.82. The van der Waals surface area contributed by atoms with E-state index < -0.39 is 0 Å². The Hall–Kier alpha value is -1.55. The van der Waals surface area contributed by atoms with Crippen LogP contribution in [0.2, 0.25) is 0 Å². The molecule has 2 rings (SSSR count). The van der Waals surface area contributed by atoms with Crippen LogP contribution in [-0.4, -0.2) is 25.1 Å². The lowest BCUT2D eigenvalue weighted by Gasteiger charge is -2.26. The van der Waals surface area contributed by atoms with Gasteiger partial charge in [-0.1, -0.05) is 32.0 Å². The second-order valence-corrected chi connectivity index (χ2v) is 5.19. The summed E-state index contributed by atoms with van der Waals surface area (Å²) < 4.78 is 5.62. The molecule has 1 unspecified atom stereocenters. The molecule has 1 aliphatic rings. The Bertz CT molecular complexity index is 444. The van der Waals surface area contributed by atoms with Gasteiger partial charge in [0, 0.05) is 24.1 Å². The molecular weight excluding hydrogens is 252 g/mol. The Morgan fingerprint density at radius 2 is 2.10 bits per heavy atom. The van der Waals surface area contributed by atoms with Crippen LogP contribution in [0.5, 0.6) is 5.75 Å². The summed E-state index contributed by atoms with van der Waals surface area (Å²) in [5.41, 5.74) is 1.15. The predicted octanol–water partition coefficient (Wildman–Crippen LogP) is 2.40. The minimum Gasteiger partial charge on any atom is -0.493 e. The molecule has 0 spiro atoms. The topological polar surface area (TPSA) is 50.4 Å². The third-order valence-corrected chi connectivity index (χ3v) is 3.82. The van der Waals surface area contributed by atoms with E-state index in [-0.39, 0.29) is 18.0 Å². The number of hydrogen-bond acceptors (Lipinski definition) is 3. The van der Waals surface area contributed by atoms with E-state index in [1.54, 1.807) is 0 Å². The van der Waals surface area contributed by atoms with Gasteiger partial charge in [0.15, 0.2) is 0 Å². The number of fused-ring (bicyclic) bond motifs is 1. The van der Waals surface area contributed by atoms with E-state index in [2.05, 4.69) is 30.5 Å². The Morgan fingerprint density at radius 1 is 1.35 bits per heavy atom. The van der Waals surface area contributed by atoms with Crippen LogP contribution >= 0.6 is 0 Å². The molecule has 1 atom stereocenters. The van der Waals surface area contributed by atoms with Crippen molar-refractivity contribution in [1.82, 2.24) is 10.6 Å². The van der Waals surface area contributed by atoms with Gasteiger partial charge in [-0.05, 0) is 18.9 Å². The molecule has 0 saturated heterocycles. The van der Waals surface area contributed by atoms with E-state index in [9.17, 15) is 4.79 Å². The number of ether oxygens (including phenoxy) is 1. The van der Waals surface area contributed by atoms with Crippen molar-refractivity contribution in [3.05, 3.63) is 29.8 Å². The standard InChI is InChI=1S/C16H24N2O2/c1-3-12(4-2)18-16(19)11-17-14-9-10-20-15-8-6-5-7-13(14)15/h5-8,12,14,17H,3-4,9-11H2,1-2H3,(H,18,19). The molecule has 0 fully saturated rings. The average Bonchev–Trinajstić information content (AvgIpc) is 2.50. The lowest BCUT2D eigenvalue weighted by Crippen LogP contribution is -2.41. The Balaban J connectivity index is 1.87. The first-order valence-electron chi connectivity index (χ1n) is 7.49. The van der Waals surface area contributed by atoms with Crippen LogP contribution in [0.25, 0.3) is 0 Å². The zero-order valence-electron chi connectivity index (χ0n) is 12.3. The number of benzene rings is 1. The highest BCUT2D eigenvalue weighted by Gasteiger charge is 2.21. The van der Waals surface area contributed by atoms with E-state index in [1.165, 1.54) is 0 Å². The quantitative estimate of drug-likeness (QED) is 0.839. The van der Waals surface area contributed by atoms with Crippen LogP contribution < -0.4 is 15.4 Å². The van der Waals surface area contributed by atoms with Gasteiger partial charge in [0.05, 0.1) is 13.2 Å². The molecule has 2 N–H and O–H groups in total. The summed E-state index contributed by atoms with van der Waals surface area (Å²) in [5.74, 6) is 0.999. The summed E-state index contributed by atoms with van der Waals surface area (Å²) >= 11 is 0. The monoisotopic (exact) mass is 276 g/mol. The van der Waals surface area contributed by atoms with Crippen molar-refractivity contribution >= 4 is 5.91 Å². The molecule has 110 valence electrons. The number of nitrogens with one attached hydrogen (secondary N) is 2. The normalized spacial score (nSPS) is 17.4. The van der Waals surface area contributed by atoms with Crippen molar-refractivity contribution in [2.75, 3.05) is 13.2 Å². The molecule has 1 aliphatic heterocycles. The molecule has 1 aromatic rings. The van der Waals surface area contributed by atoms with Crippen molar-refractivity contribution in [2.45, 2.75) is 45.2 Å². The summed E-state index contributed by atoms with van der Waals surface area (Å²) in [4.78, 5) is 11.9. The summed E-state index contributed by atoms with van der Waals surface area (Å²) in [7, 11) is 0. The van der Waals surface area contributed by atoms with Gasteiger partial charge in [-0.25, -0.2) is 0 Å². The summed E-state index contributed by atoms with van der Waals surface area (Å²) in [6.45, 7) is 5.24. The molecule has 20 heavy (non-hydrogen) atoms. The fraction of sp³-hybridized carbons (Fsp3) is 0.562. The van der Waals surface area contributed by atoms with Gasteiger partial charge >= 0.3 is 0 Å². The van der Waals surface area contributed by atoms with Gasteiger partial charge in [0.25, 0.3) is 0 Å². The maximum Gasteiger partial charge on any atom is 0.234 e. The number of carbonyl (C=O) groups is 1. The minimum absolute atomic E-state index is 0.0719. The maximum absolute atomic E-state index is 11.9. The van der Waals surface area contributed by atoms with Crippen LogP contribution in [0.15, 0.2) is 24.3 Å². The smallest absolute Gasteiger partial charge is 0.234 e. The zero-order chi connectivity index (χ0) is 14.4. The molecule has 0 aliphatic carbocycles. The van der Waals surface area contributed by atoms with Crippen molar-refractivity contribution in [3.63, 3.8) is 0 Å². The lowest BCUT2D eigenvalue weighted by molar-refractivity contribution is -0.121. The molecule has 1 heterocycles. The molecule has 1 amide bonds. The largest absolute Gasteiger partial charge is 0.493 e. The second-order valence-electron chi connectivity index (χ2n) is 5.19. The van der Waals surface area contributed by atoms with Gasteiger partial charge in [-0.3, -0.25) is 4.79 Å². The Kier molecular flexibility index (Phi) is 5.41. The van der Waals surface area contributed by atoms with Crippen molar-refractivity contribution < 1.29 is 9.53 Å². The highest BCUT2D eigenvalue weighted by Crippen LogP contribution is 2.31. The molecule has 1 aromatic carbocycles. The number of hydrogen-bond donors (Lipinski definition) is 2. The number of carbonyl (C=O) groups excluding carboxylic acids is 1. The molecule has 0 aromatic heterocycles. The number of amides is 1. The number of para-hydroxylation sites is 1.